The third kappa shape index (κ3) is 8.56. The number of likely N-dealkylation sites (N-methyl/N-ethyl adjacent to an activating group) is 1. The van der Waals surface area contributed by atoms with Gasteiger partial charge in [0.15, 0.2) is 5.96 Å². The van der Waals surface area contributed by atoms with E-state index in [1.54, 1.807) is 0 Å². The average molecular weight is 326 g/mol. The summed E-state index contributed by atoms with van der Waals surface area (Å²) in [7, 11) is 4.05. The highest BCUT2D eigenvalue weighted by molar-refractivity contribution is 5.79. The first kappa shape index (κ1) is 20.2. The van der Waals surface area contributed by atoms with E-state index in [0.29, 0.717) is 17.5 Å². The molecule has 0 saturated carbocycles. The second-order valence-corrected chi connectivity index (χ2v) is 8.29. The minimum absolute atomic E-state index is 0.392. The summed E-state index contributed by atoms with van der Waals surface area (Å²) in [6.07, 6.45) is 2.38. The van der Waals surface area contributed by atoms with Crippen LogP contribution in [0.2, 0.25) is 0 Å². The van der Waals surface area contributed by atoms with Crippen LogP contribution in [-0.4, -0.2) is 74.7 Å². The van der Waals surface area contributed by atoms with Crippen molar-refractivity contribution in [2.45, 2.75) is 59.5 Å². The SMILES string of the molecule is CN=C(NCC(C)N1CCN(C)CC1)NC(C)CCC(C)(C)C. The van der Waals surface area contributed by atoms with Gasteiger partial charge in [0.1, 0.15) is 0 Å². The average Bonchev–Trinajstić information content (AvgIpc) is 2.49. The van der Waals surface area contributed by atoms with Crippen LogP contribution in [0.25, 0.3) is 0 Å². The van der Waals surface area contributed by atoms with Crippen LogP contribution in [0.5, 0.6) is 0 Å². The van der Waals surface area contributed by atoms with Crippen molar-refractivity contribution < 1.29 is 0 Å². The smallest absolute Gasteiger partial charge is 0.191 e. The van der Waals surface area contributed by atoms with E-state index in [-0.39, 0.29) is 0 Å². The van der Waals surface area contributed by atoms with Crippen molar-refractivity contribution >= 4 is 5.96 Å². The predicted molar refractivity (Wildman–Crippen MR) is 101 cm³/mol. The predicted octanol–water partition coefficient (Wildman–Crippen LogP) is 2.00. The summed E-state index contributed by atoms with van der Waals surface area (Å²) in [5, 5.41) is 7.01. The molecule has 5 nitrogen and oxygen atoms in total. The molecule has 1 aliphatic rings. The molecule has 1 heterocycles. The molecule has 2 N–H and O–H groups in total. The minimum atomic E-state index is 0.392. The highest BCUT2D eigenvalue weighted by atomic mass is 15.3. The van der Waals surface area contributed by atoms with Gasteiger partial charge in [0.05, 0.1) is 0 Å². The number of nitrogens with zero attached hydrogens (tertiary/aromatic N) is 3. The minimum Gasteiger partial charge on any atom is -0.355 e. The maximum absolute atomic E-state index is 4.37. The van der Waals surface area contributed by atoms with E-state index < -0.39 is 0 Å². The summed E-state index contributed by atoms with van der Waals surface area (Å²) in [6.45, 7) is 17.0. The van der Waals surface area contributed by atoms with Gasteiger partial charge in [0.2, 0.25) is 0 Å². The molecule has 0 aromatic carbocycles. The maximum atomic E-state index is 4.37. The Morgan fingerprint density at radius 1 is 1.13 bits per heavy atom. The molecule has 2 unspecified atom stereocenters. The van der Waals surface area contributed by atoms with Gasteiger partial charge in [-0.05, 0) is 39.2 Å². The maximum Gasteiger partial charge on any atom is 0.191 e. The Bertz CT molecular complexity index is 353. The van der Waals surface area contributed by atoms with E-state index in [2.05, 4.69) is 67.1 Å². The van der Waals surface area contributed by atoms with Crippen LogP contribution >= 0.6 is 0 Å². The van der Waals surface area contributed by atoms with Crippen LogP contribution in [0.3, 0.4) is 0 Å². The van der Waals surface area contributed by atoms with Gasteiger partial charge < -0.3 is 15.5 Å². The zero-order valence-corrected chi connectivity index (χ0v) is 16.4. The molecule has 1 aliphatic heterocycles. The molecule has 0 bridgehead atoms. The molecule has 1 rings (SSSR count). The largest absolute Gasteiger partial charge is 0.355 e. The van der Waals surface area contributed by atoms with Crippen molar-refractivity contribution in [3.63, 3.8) is 0 Å². The van der Waals surface area contributed by atoms with E-state index in [1.165, 1.54) is 19.5 Å². The first-order valence-electron chi connectivity index (χ1n) is 9.11. The van der Waals surface area contributed by atoms with Crippen LogP contribution < -0.4 is 10.6 Å². The van der Waals surface area contributed by atoms with Gasteiger partial charge in [-0.2, -0.15) is 0 Å². The molecule has 0 spiro atoms. The highest BCUT2D eigenvalue weighted by Gasteiger charge is 2.19. The number of hydrogen-bond donors (Lipinski definition) is 2. The number of guanidine groups is 1. The van der Waals surface area contributed by atoms with E-state index in [4.69, 9.17) is 0 Å². The second kappa shape index (κ2) is 9.48. The molecular formula is C18H39N5. The Kier molecular flexibility index (Phi) is 8.34. The van der Waals surface area contributed by atoms with Gasteiger partial charge in [-0.3, -0.25) is 9.89 Å². The Balaban J connectivity index is 2.30. The Labute approximate surface area is 143 Å². The first-order valence-corrected chi connectivity index (χ1v) is 9.11. The number of hydrogen-bond acceptors (Lipinski definition) is 3. The third-order valence-electron chi connectivity index (χ3n) is 4.66. The molecule has 1 fully saturated rings. The van der Waals surface area contributed by atoms with E-state index >= 15 is 0 Å². The van der Waals surface area contributed by atoms with Crippen LogP contribution in [-0.2, 0) is 0 Å². The van der Waals surface area contributed by atoms with Gasteiger partial charge >= 0.3 is 0 Å². The van der Waals surface area contributed by atoms with Crippen molar-refractivity contribution in [3.8, 4) is 0 Å². The van der Waals surface area contributed by atoms with Crippen molar-refractivity contribution in [1.82, 2.24) is 20.4 Å². The number of aliphatic imine (C=N–C) groups is 1. The molecule has 23 heavy (non-hydrogen) atoms. The van der Waals surface area contributed by atoms with Crippen LogP contribution in [0.15, 0.2) is 4.99 Å². The normalized spacial score (nSPS) is 21.1. The molecule has 5 heteroatoms. The number of nitrogens with one attached hydrogen (secondary N) is 2. The number of rotatable bonds is 6. The van der Waals surface area contributed by atoms with Crippen molar-refractivity contribution in [2.75, 3.05) is 46.8 Å². The van der Waals surface area contributed by atoms with E-state index in [1.807, 2.05) is 7.05 Å². The van der Waals surface area contributed by atoms with Crippen LogP contribution in [0, 0.1) is 5.41 Å². The highest BCUT2D eigenvalue weighted by Crippen LogP contribution is 2.21. The first-order chi connectivity index (χ1) is 10.7. The topological polar surface area (TPSA) is 42.9 Å². The fraction of sp³-hybridized carbons (Fsp3) is 0.944. The summed E-state index contributed by atoms with van der Waals surface area (Å²) < 4.78 is 0. The summed E-state index contributed by atoms with van der Waals surface area (Å²) in [4.78, 5) is 9.32. The Morgan fingerprint density at radius 2 is 1.74 bits per heavy atom. The number of piperazine rings is 1. The third-order valence-corrected chi connectivity index (χ3v) is 4.66. The van der Waals surface area contributed by atoms with Crippen molar-refractivity contribution in [2.24, 2.45) is 10.4 Å². The molecule has 0 aromatic heterocycles. The molecular weight excluding hydrogens is 286 g/mol. The summed E-state index contributed by atoms with van der Waals surface area (Å²) >= 11 is 0. The Hall–Kier alpha value is -0.810. The van der Waals surface area contributed by atoms with E-state index in [0.717, 1.165) is 32.0 Å². The van der Waals surface area contributed by atoms with E-state index in [9.17, 15) is 0 Å². The molecule has 136 valence electrons. The lowest BCUT2D eigenvalue weighted by Gasteiger charge is -2.36. The molecule has 0 amide bonds. The fourth-order valence-electron chi connectivity index (χ4n) is 2.79. The molecule has 0 aliphatic carbocycles. The van der Waals surface area contributed by atoms with Crippen LogP contribution in [0.4, 0.5) is 0 Å². The molecule has 1 saturated heterocycles. The van der Waals surface area contributed by atoms with Gasteiger partial charge in [-0.25, -0.2) is 0 Å². The summed E-state index contributed by atoms with van der Waals surface area (Å²) in [5.41, 5.74) is 0.392. The van der Waals surface area contributed by atoms with Gasteiger partial charge in [-0.1, -0.05) is 20.8 Å². The van der Waals surface area contributed by atoms with Gasteiger partial charge in [0, 0.05) is 51.9 Å². The Morgan fingerprint density at radius 3 is 2.26 bits per heavy atom. The second-order valence-electron chi connectivity index (χ2n) is 8.29. The molecule has 2 atom stereocenters. The van der Waals surface area contributed by atoms with Crippen molar-refractivity contribution in [1.29, 1.82) is 0 Å². The lowest BCUT2D eigenvalue weighted by atomic mass is 9.89. The lowest BCUT2D eigenvalue weighted by molar-refractivity contribution is 0.120. The van der Waals surface area contributed by atoms with Gasteiger partial charge in [-0.15, -0.1) is 0 Å². The zero-order valence-electron chi connectivity index (χ0n) is 16.4. The zero-order chi connectivity index (χ0) is 17.5. The summed E-state index contributed by atoms with van der Waals surface area (Å²) in [6, 6.07) is 0.978. The quantitative estimate of drug-likeness (QED) is 0.579. The lowest BCUT2D eigenvalue weighted by Crippen LogP contribution is -2.52. The monoisotopic (exact) mass is 325 g/mol. The standard InChI is InChI=1S/C18H39N5/c1-15(8-9-18(3,4)5)21-17(19-6)20-14-16(2)23-12-10-22(7)11-13-23/h15-16H,8-14H2,1-7H3,(H2,19,20,21). The van der Waals surface area contributed by atoms with Gasteiger partial charge in [0.25, 0.3) is 0 Å². The van der Waals surface area contributed by atoms with Crippen LogP contribution in [0.1, 0.15) is 47.5 Å². The fourth-order valence-corrected chi connectivity index (χ4v) is 2.79. The molecule has 0 aromatic rings. The summed E-state index contributed by atoms with van der Waals surface area (Å²) in [5.74, 6) is 0.924. The molecule has 0 radical (unpaired) electrons. The van der Waals surface area contributed by atoms with Crippen molar-refractivity contribution in [3.05, 3.63) is 0 Å².